The number of fused-ring (bicyclic) bond motifs is 1. The van der Waals surface area contributed by atoms with Crippen molar-refractivity contribution in [1.29, 1.82) is 0 Å². The lowest BCUT2D eigenvalue weighted by Crippen LogP contribution is -2.37. The third-order valence-corrected chi connectivity index (χ3v) is 4.35. The largest absolute Gasteiger partial charge is 0.340 e. The summed E-state index contributed by atoms with van der Waals surface area (Å²) in [5.74, 6) is 0.550. The smallest absolute Gasteiger partial charge is 0.260 e. The van der Waals surface area contributed by atoms with Crippen LogP contribution in [0.3, 0.4) is 0 Å². The number of aromatic nitrogens is 4. The van der Waals surface area contributed by atoms with Crippen molar-refractivity contribution in [2.75, 3.05) is 5.32 Å². The predicted octanol–water partition coefficient (Wildman–Crippen LogP) is 2.48. The standard InChI is InChI=1S/C19H18N6O2/c1-11(2)25-10-20-24-18(25)14-7-4-8-15(22-14)21-13-6-3-5-12-9-16(26)23-19(27)17(12)13/h3-8,10-11H,9H2,1-2H3,(H,21,22)(H,23,26,27). The Morgan fingerprint density at radius 1 is 1.15 bits per heavy atom. The second kappa shape index (κ2) is 6.64. The summed E-state index contributed by atoms with van der Waals surface area (Å²) in [6, 6.07) is 11.1. The summed E-state index contributed by atoms with van der Waals surface area (Å²) in [6.07, 6.45) is 1.86. The molecule has 1 aromatic carbocycles. The summed E-state index contributed by atoms with van der Waals surface area (Å²) in [4.78, 5) is 28.5. The Labute approximate surface area is 155 Å². The van der Waals surface area contributed by atoms with Gasteiger partial charge in [0.05, 0.1) is 17.7 Å². The maximum atomic E-state index is 12.3. The highest BCUT2D eigenvalue weighted by Crippen LogP contribution is 2.27. The summed E-state index contributed by atoms with van der Waals surface area (Å²) in [5.41, 5.74) is 2.45. The molecule has 0 aliphatic carbocycles. The average molecular weight is 362 g/mol. The van der Waals surface area contributed by atoms with Gasteiger partial charge in [0.15, 0.2) is 5.82 Å². The third-order valence-electron chi connectivity index (χ3n) is 4.35. The van der Waals surface area contributed by atoms with E-state index in [0.717, 1.165) is 0 Å². The molecule has 2 N–H and O–H groups in total. The highest BCUT2D eigenvalue weighted by Gasteiger charge is 2.25. The Balaban J connectivity index is 1.69. The van der Waals surface area contributed by atoms with Gasteiger partial charge in [-0.05, 0) is 37.6 Å². The first kappa shape index (κ1) is 16.9. The van der Waals surface area contributed by atoms with Crippen molar-refractivity contribution in [3.8, 4) is 11.5 Å². The zero-order valence-corrected chi connectivity index (χ0v) is 14.9. The van der Waals surface area contributed by atoms with Gasteiger partial charge in [0.25, 0.3) is 5.91 Å². The van der Waals surface area contributed by atoms with Crippen molar-refractivity contribution in [3.63, 3.8) is 0 Å². The fourth-order valence-corrected chi connectivity index (χ4v) is 3.10. The molecule has 0 saturated heterocycles. The fraction of sp³-hybridized carbons (Fsp3) is 0.211. The number of nitrogens with zero attached hydrogens (tertiary/aromatic N) is 4. The number of benzene rings is 1. The van der Waals surface area contributed by atoms with Crippen LogP contribution in [0.4, 0.5) is 11.5 Å². The van der Waals surface area contributed by atoms with Crippen molar-refractivity contribution in [2.45, 2.75) is 26.3 Å². The molecule has 1 aliphatic heterocycles. The molecular weight excluding hydrogens is 344 g/mol. The summed E-state index contributed by atoms with van der Waals surface area (Å²) < 4.78 is 1.94. The first-order valence-electron chi connectivity index (χ1n) is 8.63. The monoisotopic (exact) mass is 362 g/mol. The second-order valence-corrected chi connectivity index (χ2v) is 6.58. The van der Waals surface area contributed by atoms with Crippen molar-refractivity contribution in [3.05, 3.63) is 53.9 Å². The molecule has 4 rings (SSSR count). The van der Waals surface area contributed by atoms with Crippen LogP contribution in [0.2, 0.25) is 0 Å². The molecule has 2 aromatic heterocycles. The summed E-state index contributed by atoms with van der Waals surface area (Å²) in [6.45, 7) is 4.09. The van der Waals surface area contributed by atoms with Crippen molar-refractivity contribution >= 4 is 23.3 Å². The van der Waals surface area contributed by atoms with Crippen LogP contribution in [-0.4, -0.2) is 31.6 Å². The van der Waals surface area contributed by atoms with E-state index in [4.69, 9.17) is 0 Å². The molecule has 27 heavy (non-hydrogen) atoms. The van der Waals surface area contributed by atoms with E-state index in [1.54, 1.807) is 18.5 Å². The van der Waals surface area contributed by atoms with E-state index in [9.17, 15) is 9.59 Å². The minimum absolute atomic E-state index is 0.182. The van der Waals surface area contributed by atoms with Gasteiger partial charge in [-0.25, -0.2) is 4.98 Å². The van der Waals surface area contributed by atoms with Crippen LogP contribution in [0.1, 0.15) is 35.8 Å². The van der Waals surface area contributed by atoms with Crippen LogP contribution < -0.4 is 10.6 Å². The Morgan fingerprint density at radius 3 is 2.78 bits per heavy atom. The van der Waals surface area contributed by atoms with Crippen LogP contribution in [0.15, 0.2) is 42.7 Å². The molecule has 3 aromatic rings. The number of carbonyl (C=O) groups is 2. The van der Waals surface area contributed by atoms with Crippen LogP contribution >= 0.6 is 0 Å². The number of amides is 2. The second-order valence-electron chi connectivity index (χ2n) is 6.58. The van der Waals surface area contributed by atoms with Gasteiger partial charge in [0, 0.05) is 6.04 Å². The Morgan fingerprint density at radius 2 is 1.96 bits per heavy atom. The highest BCUT2D eigenvalue weighted by molar-refractivity contribution is 6.12. The first-order chi connectivity index (χ1) is 13.0. The Hall–Kier alpha value is -3.55. The van der Waals surface area contributed by atoms with Gasteiger partial charge in [-0.15, -0.1) is 10.2 Å². The Bertz CT molecular complexity index is 1040. The van der Waals surface area contributed by atoms with Crippen LogP contribution in [0, 0.1) is 0 Å². The number of rotatable bonds is 4. The van der Waals surface area contributed by atoms with E-state index >= 15 is 0 Å². The lowest BCUT2D eigenvalue weighted by molar-refractivity contribution is -0.119. The normalized spacial score (nSPS) is 13.4. The molecular formula is C19H18N6O2. The molecule has 0 fully saturated rings. The summed E-state index contributed by atoms with van der Waals surface area (Å²) in [7, 11) is 0. The molecule has 3 heterocycles. The molecule has 0 unspecified atom stereocenters. The van der Waals surface area contributed by atoms with Gasteiger partial charge in [-0.2, -0.15) is 0 Å². The first-order valence-corrected chi connectivity index (χ1v) is 8.63. The SMILES string of the molecule is CC(C)n1cnnc1-c1cccc(Nc2cccc3c2C(=O)NC(=O)C3)n1. The minimum atomic E-state index is -0.403. The van der Waals surface area contributed by atoms with E-state index in [0.29, 0.717) is 34.2 Å². The number of nitrogens with one attached hydrogen (secondary N) is 2. The van der Waals surface area contributed by atoms with E-state index in [2.05, 4.69) is 25.8 Å². The molecule has 0 radical (unpaired) electrons. The highest BCUT2D eigenvalue weighted by atomic mass is 16.2. The van der Waals surface area contributed by atoms with Gasteiger partial charge >= 0.3 is 0 Å². The predicted molar refractivity (Wildman–Crippen MR) is 99.5 cm³/mol. The molecule has 0 bridgehead atoms. The minimum Gasteiger partial charge on any atom is -0.340 e. The zero-order chi connectivity index (χ0) is 19.0. The van der Waals surface area contributed by atoms with Gasteiger partial charge in [0.2, 0.25) is 5.91 Å². The number of imide groups is 1. The average Bonchev–Trinajstić information content (AvgIpc) is 3.11. The van der Waals surface area contributed by atoms with Crippen LogP contribution in [-0.2, 0) is 11.2 Å². The van der Waals surface area contributed by atoms with E-state index in [1.807, 2.05) is 42.7 Å². The third kappa shape index (κ3) is 3.17. The topological polar surface area (TPSA) is 102 Å². The molecule has 0 atom stereocenters. The number of anilines is 2. The number of pyridine rings is 1. The lowest BCUT2D eigenvalue weighted by Gasteiger charge is -2.19. The zero-order valence-electron chi connectivity index (χ0n) is 14.9. The van der Waals surface area contributed by atoms with Crippen LogP contribution in [0.25, 0.3) is 11.5 Å². The van der Waals surface area contributed by atoms with Crippen LogP contribution in [0.5, 0.6) is 0 Å². The van der Waals surface area contributed by atoms with Gasteiger partial charge in [0.1, 0.15) is 17.8 Å². The molecule has 0 spiro atoms. The summed E-state index contributed by atoms with van der Waals surface area (Å²) in [5, 5.41) is 13.7. The fourth-order valence-electron chi connectivity index (χ4n) is 3.10. The van der Waals surface area contributed by atoms with E-state index < -0.39 is 5.91 Å². The van der Waals surface area contributed by atoms with Crippen molar-refractivity contribution in [1.82, 2.24) is 25.1 Å². The number of carbonyl (C=O) groups excluding carboxylic acids is 2. The van der Waals surface area contributed by atoms with Crippen molar-refractivity contribution < 1.29 is 9.59 Å². The molecule has 1 aliphatic rings. The maximum Gasteiger partial charge on any atom is 0.260 e. The molecule has 8 nitrogen and oxygen atoms in total. The van der Waals surface area contributed by atoms with E-state index in [-0.39, 0.29) is 18.4 Å². The maximum absolute atomic E-state index is 12.3. The molecule has 8 heteroatoms. The van der Waals surface area contributed by atoms with E-state index in [1.165, 1.54) is 0 Å². The van der Waals surface area contributed by atoms with Gasteiger partial charge in [-0.3, -0.25) is 14.9 Å². The molecule has 0 saturated carbocycles. The quantitative estimate of drug-likeness (QED) is 0.692. The van der Waals surface area contributed by atoms with Crippen molar-refractivity contribution in [2.24, 2.45) is 0 Å². The lowest BCUT2D eigenvalue weighted by atomic mass is 9.98. The molecule has 136 valence electrons. The molecule has 2 amide bonds. The number of hydrogen-bond acceptors (Lipinski definition) is 6. The van der Waals surface area contributed by atoms with Gasteiger partial charge in [-0.1, -0.05) is 18.2 Å². The Kier molecular flexibility index (Phi) is 4.15. The van der Waals surface area contributed by atoms with Gasteiger partial charge < -0.3 is 9.88 Å². The summed E-state index contributed by atoms with van der Waals surface area (Å²) >= 11 is 0. The number of hydrogen-bond donors (Lipinski definition) is 2.